The maximum Gasteiger partial charge on any atom is 0.222 e. The number of rotatable bonds is 31. The van der Waals surface area contributed by atoms with Gasteiger partial charge in [-0.15, -0.1) is 0 Å². The highest BCUT2D eigenvalue weighted by Gasteiger charge is 2.18. The number of hydrogen-bond donors (Lipinski definition) is 12. The van der Waals surface area contributed by atoms with Crippen molar-refractivity contribution < 1.29 is 58.5 Å². The molecule has 0 aliphatic carbocycles. The number of hydrogen-bond acceptors (Lipinski definition) is 12. The normalized spacial score (nSPS) is 12.2. The monoisotopic (exact) mass is 1350 g/mol. The topological polar surface area (TPSA) is 323 Å². The summed E-state index contributed by atoms with van der Waals surface area (Å²) in [5.41, 5.74) is 0.227. The lowest BCUT2D eigenvalue weighted by Crippen LogP contribution is -2.39. The van der Waals surface area contributed by atoms with Gasteiger partial charge in [-0.3, -0.25) is 43.2 Å². The first-order valence-corrected chi connectivity index (χ1v) is 35.7. The van der Waals surface area contributed by atoms with Gasteiger partial charge in [-0.1, -0.05) is 200 Å². The van der Waals surface area contributed by atoms with Gasteiger partial charge in [0.05, 0.1) is 24.9 Å². The van der Waals surface area contributed by atoms with Crippen molar-refractivity contribution in [2.45, 2.75) is 329 Å². The Bertz CT molecular complexity index is 1780. The molecular weight excluding hydrogens is 1190 g/mol. The van der Waals surface area contributed by atoms with E-state index in [4.69, 9.17) is 15.3 Å². The number of nitrogens with one attached hydrogen (secondary N) is 9. The van der Waals surface area contributed by atoms with Gasteiger partial charge in [0.15, 0.2) is 0 Å². The molecular formula is C73H155N9O12. The first-order valence-electron chi connectivity index (χ1n) is 35.7. The second kappa shape index (κ2) is 68.1. The van der Waals surface area contributed by atoms with Crippen LogP contribution in [0.15, 0.2) is 0 Å². The van der Waals surface area contributed by atoms with Crippen LogP contribution in [0.4, 0.5) is 0 Å². The van der Waals surface area contributed by atoms with E-state index in [2.05, 4.69) is 82.5 Å². The Hall–Kier alpha value is -4.89. The van der Waals surface area contributed by atoms with Crippen LogP contribution in [0.2, 0.25) is 0 Å². The van der Waals surface area contributed by atoms with Crippen molar-refractivity contribution in [3.63, 3.8) is 0 Å². The zero-order valence-corrected chi connectivity index (χ0v) is 66.7. The standard InChI is InChI=1S/C10H21NO.2C9H19NO.3C8H17NO2.3C7H15NO/c1-6-10(4,5)7-11-9(12)8(2)3;2*1-5-6-8(4)10-9(11)7(2)3;1-4-7(5-10)9-8(11)6(2)3;2*1-4-7(10)5-9-8(11)6(2)3;2*1-5(2)7(9)8-6(3)4;1-4-5-8-7(9)6(2)3/h8H,6-7H2,1-5H3,(H,11,12);2*7-8H,5-6H2,1-4H3,(H,10,11);3*6-7,10H,4-5H2,1-3H3,(H,9,11);2*5-6H,1-4H3,(H,8,9);6H,4-5H2,1-3H3,(H,8,9)/t;2*8-;;2*7-;;;/m.10.10.../s1. The smallest absolute Gasteiger partial charge is 0.222 e. The van der Waals surface area contributed by atoms with Crippen LogP contribution in [0, 0.1) is 58.7 Å². The molecule has 564 valence electrons. The molecule has 0 aromatic heterocycles. The maximum absolute atomic E-state index is 11.2. The number of carbonyl (C=O) groups is 9. The Labute approximate surface area is 577 Å². The zero-order valence-electron chi connectivity index (χ0n) is 66.7. The largest absolute Gasteiger partial charge is 0.394 e. The highest BCUT2D eigenvalue weighted by atomic mass is 16.3. The van der Waals surface area contributed by atoms with Crippen molar-refractivity contribution in [3.8, 4) is 0 Å². The lowest BCUT2D eigenvalue weighted by atomic mass is 9.90. The van der Waals surface area contributed by atoms with E-state index in [9.17, 15) is 43.2 Å². The summed E-state index contributed by atoms with van der Waals surface area (Å²) in [4.78, 5) is 98.8. The summed E-state index contributed by atoms with van der Waals surface area (Å²) >= 11 is 0. The molecule has 0 aliphatic heterocycles. The number of aliphatic hydroxyl groups excluding tert-OH is 3. The van der Waals surface area contributed by atoms with Gasteiger partial charge in [0.2, 0.25) is 53.2 Å². The average Bonchev–Trinajstić information content (AvgIpc) is 2.99. The van der Waals surface area contributed by atoms with Crippen molar-refractivity contribution in [2.24, 2.45) is 58.7 Å². The van der Waals surface area contributed by atoms with Crippen molar-refractivity contribution in [1.82, 2.24) is 47.9 Å². The summed E-state index contributed by atoms with van der Waals surface area (Å²) in [7, 11) is 0. The summed E-state index contributed by atoms with van der Waals surface area (Å²) in [5, 5.41) is 52.1. The molecule has 94 heavy (non-hydrogen) atoms. The van der Waals surface area contributed by atoms with Gasteiger partial charge in [-0.25, -0.2) is 0 Å². The molecule has 0 rings (SSSR count). The quantitative estimate of drug-likeness (QED) is 0.0308. The molecule has 0 aromatic carbocycles. The fourth-order valence-electron chi connectivity index (χ4n) is 5.62. The van der Waals surface area contributed by atoms with E-state index < -0.39 is 12.2 Å². The van der Waals surface area contributed by atoms with E-state index >= 15 is 0 Å². The molecule has 0 aromatic rings. The summed E-state index contributed by atoms with van der Waals surface area (Å²) in [5.74, 6) is 1.51. The van der Waals surface area contributed by atoms with E-state index in [1.54, 1.807) is 0 Å². The van der Waals surface area contributed by atoms with Gasteiger partial charge < -0.3 is 63.2 Å². The molecule has 0 aliphatic rings. The summed E-state index contributed by atoms with van der Waals surface area (Å²) in [6.07, 6.45) is 7.81. The van der Waals surface area contributed by atoms with Crippen LogP contribution < -0.4 is 47.9 Å². The van der Waals surface area contributed by atoms with Crippen LogP contribution in [-0.4, -0.2) is 144 Å². The molecule has 0 saturated heterocycles. The predicted molar refractivity (Wildman–Crippen MR) is 393 cm³/mol. The molecule has 21 nitrogen and oxygen atoms in total. The Kier molecular flexibility index (Phi) is 78.1. The molecule has 12 N–H and O–H groups in total. The van der Waals surface area contributed by atoms with Crippen molar-refractivity contribution >= 4 is 53.2 Å². The molecule has 0 fully saturated rings. The van der Waals surface area contributed by atoms with Crippen LogP contribution in [0.25, 0.3) is 0 Å². The van der Waals surface area contributed by atoms with Gasteiger partial charge >= 0.3 is 0 Å². The van der Waals surface area contributed by atoms with Crippen molar-refractivity contribution in [3.05, 3.63) is 0 Å². The zero-order chi connectivity index (χ0) is 76.2. The summed E-state index contributed by atoms with van der Waals surface area (Å²) in [6.45, 7) is 66.5. The van der Waals surface area contributed by atoms with Gasteiger partial charge in [0, 0.05) is 104 Å². The molecule has 9 amide bonds. The minimum atomic E-state index is -0.405. The van der Waals surface area contributed by atoms with Gasteiger partial charge in [0.25, 0.3) is 0 Å². The third-order valence-electron chi connectivity index (χ3n) is 13.1. The Morgan fingerprint density at radius 2 is 0.585 bits per heavy atom. The third kappa shape index (κ3) is 83.2. The van der Waals surface area contributed by atoms with Crippen LogP contribution in [0.1, 0.15) is 286 Å². The fourth-order valence-corrected chi connectivity index (χ4v) is 5.62. The predicted octanol–water partition coefficient (Wildman–Crippen LogP) is 11.2. The first-order chi connectivity index (χ1) is 43.1. The van der Waals surface area contributed by atoms with Crippen LogP contribution in [0.5, 0.6) is 0 Å². The van der Waals surface area contributed by atoms with Crippen molar-refractivity contribution in [1.29, 1.82) is 0 Å². The number of aliphatic hydroxyl groups is 3. The summed E-state index contributed by atoms with van der Waals surface area (Å²) < 4.78 is 0. The highest BCUT2D eigenvalue weighted by molar-refractivity contribution is 5.81. The van der Waals surface area contributed by atoms with E-state index in [0.29, 0.717) is 38.0 Å². The van der Waals surface area contributed by atoms with Crippen LogP contribution in [-0.2, 0) is 43.2 Å². The number of carbonyl (C=O) groups excluding carboxylic acids is 9. The molecule has 5 atom stereocenters. The lowest BCUT2D eigenvalue weighted by molar-refractivity contribution is -0.125. The Morgan fingerprint density at radius 1 is 0.330 bits per heavy atom. The van der Waals surface area contributed by atoms with E-state index in [1.807, 2.05) is 194 Å². The Morgan fingerprint density at radius 3 is 0.787 bits per heavy atom. The van der Waals surface area contributed by atoms with Gasteiger partial charge in [-0.2, -0.15) is 0 Å². The Balaban J connectivity index is -0.000000124. The third-order valence-corrected chi connectivity index (χ3v) is 13.1. The van der Waals surface area contributed by atoms with Gasteiger partial charge in [-0.05, 0) is 91.9 Å². The molecule has 0 saturated carbocycles. The molecule has 0 radical (unpaired) electrons. The van der Waals surface area contributed by atoms with Gasteiger partial charge in [0.1, 0.15) is 0 Å². The van der Waals surface area contributed by atoms with E-state index in [1.165, 1.54) is 0 Å². The molecule has 0 heterocycles. The second-order valence-corrected chi connectivity index (χ2v) is 28.1. The average molecular weight is 1350 g/mol. The maximum atomic E-state index is 11.2. The molecule has 0 spiro atoms. The minimum Gasteiger partial charge on any atom is -0.394 e. The number of amides is 9. The highest BCUT2D eigenvalue weighted by Crippen LogP contribution is 2.17. The first kappa shape index (κ1) is 108. The molecule has 1 unspecified atom stereocenters. The SMILES string of the molecule is CC(C)NC(=O)C(C)C.CC(C)NC(=O)C(C)C.CCC(C)(C)CNC(=O)C(C)C.CCC(CO)NC(=O)C(C)C.CCCNC(=O)C(C)C.CCC[C@@H](C)NC(=O)C(C)C.CCC[C@H](C)NC(=O)C(C)C.CC[C@@H](O)CNC(=O)C(C)C.CC[C@H](O)CNC(=O)C(C)C. The fraction of sp³-hybridized carbons (Fsp3) is 0.877. The minimum absolute atomic E-state index is 0.000874. The van der Waals surface area contributed by atoms with Crippen molar-refractivity contribution in [2.75, 3.05) is 32.8 Å². The molecule has 21 heteroatoms. The van der Waals surface area contributed by atoms with Crippen LogP contribution in [0.3, 0.4) is 0 Å². The van der Waals surface area contributed by atoms with E-state index in [0.717, 1.165) is 58.0 Å². The molecule has 0 bridgehead atoms. The van der Waals surface area contributed by atoms with E-state index in [-0.39, 0.29) is 137 Å². The summed E-state index contributed by atoms with van der Waals surface area (Å²) in [6, 6.07) is 1.11. The second-order valence-electron chi connectivity index (χ2n) is 28.1. The van der Waals surface area contributed by atoms with Crippen LogP contribution >= 0.6 is 0 Å². The lowest BCUT2D eigenvalue weighted by Gasteiger charge is -2.23.